The van der Waals surface area contributed by atoms with Crippen LogP contribution in [0.3, 0.4) is 0 Å². The lowest BCUT2D eigenvalue weighted by Crippen LogP contribution is -1.91. The lowest BCUT2D eigenvalue weighted by Gasteiger charge is -1.98. The number of thiazole rings is 1. The van der Waals surface area contributed by atoms with Gasteiger partial charge in [0.2, 0.25) is 0 Å². The number of aromatic nitrogens is 1. The summed E-state index contributed by atoms with van der Waals surface area (Å²) < 4.78 is 13.4. The van der Waals surface area contributed by atoms with Crippen molar-refractivity contribution < 1.29 is 4.39 Å². The molecule has 0 aliphatic heterocycles. The predicted octanol–water partition coefficient (Wildman–Crippen LogP) is 3.06. The van der Waals surface area contributed by atoms with Crippen molar-refractivity contribution >= 4 is 22.9 Å². The van der Waals surface area contributed by atoms with E-state index in [0.29, 0.717) is 22.1 Å². The molecule has 2 N–H and O–H groups in total. The van der Waals surface area contributed by atoms with Gasteiger partial charge in [-0.1, -0.05) is 11.6 Å². The van der Waals surface area contributed by atoms with E-state index in [1.54, 1.807) is 12.3 Å². The van der Waals surface area contributed by atoms with Crippen LogP contribution < -0.4 is 5.73 Å². The van der Waals surface area contributed by atoms with Gasteiger partial charge in [-0.25, -0.2) is 9.37 Å². The molecule has 0 saturated heterocycles. The van der Waals surface area contributed by atoms with Gasteiger partial charge in [-0.3, -0.25) is 0 Å². The second-order valence-corrected chi connectivity index (χ2v) is 4.51. The maximum Gasteiger partial charge on any atom is 0.133 e. The first-order chi connectivity index (χ1) is 7.20. The molecule has 0 spiro atoms. The van der Waals surface area contributed by atoms with E-state index in [1.165, 1.54) is 23.5 Å². The van der Waals surface area contributed by atoms with Crippen LogP contribution in [0.25, 0.3) is 10.6 Å². The number of nitrogens with zero attached hydrogens (tertiary/aromatic N) is 1. The Kier molecular flexibility index (Phi) is 3.00. The normalized spacial score (nSPS) is 10.6. The molecule has 0 aliphatic carbocycles. The third-order valence-electron chi connectivity index (χ3n) is 1.91. The molecule has 0 bridgehead atoms. The minimum Gasteiger partial charge on any atom is -0.326 e. The Hall–Kier alpha value is -0.970. The van der Waals surface area contributed by atoms with Gasteiger partial charge >= 0.3 is 0 Å². The number of rotatable bonds is 2. The van der Waals surface area contributed by atoms with Gasteiger partial charge in [-0.2, -0.15) is 0 Å². The maximum absolute atomic E-state index is 13.4. The fourth-order valence-electron chi connectivity index (χ4n) is 1.19. The molecule has 15 heavy (non-hydrogen) atoms. The largest absolute Gasteiger partial charge is 0.326 e. The van der Waals surface area contributed by atoms with E-state index < -0.39 is 0 Å². The van der Waals surface area contributed by atoms with Crippen molar-refractivity contribution in [1.29, 1.82) is 0 Å². The average Bonchev–Trinajstić information content (AvgIpc) is 2.70. The zero-order valence-corrected chi connectivity index (χ0v) is 9.28. The topological polar surface area (TPSA) is 38.9 Å². The highest BCUT2D eigenvalue weighted by molar-refractivity contribution is 7.15. The maximum atomic E-state index is 13.4. The fraction of sp³-hybridized carbons (Fsp3) is 0.100. The molecule has 1 aromatic carbocycles. The van der Waals surface area contributed by atoms with Crippen molar-refractivity contribution in [2.75, 3.05) is 0 Å². The highest BCUT2D eigenvalue weighted by Gasteiger charge is 2.09. The summed E-state index contributed by atoms with van der Waals surface area (Å²) >= 11 is 7.17. The highest BCUT2D eigenvalue weighted by atomic mass is 35.5. The minimum absolute atomic E-state index is 0.322. The van der Waals surface area contributed by atoms with Crippen LogP contribution in [-0.2, 0) is 6.54 Å². The Labute approximate surface area is 95.5 Å². The van der Waals surface area contributed by atoms with Crippen molar-refractivity contribution in [2.24, 2.45) is 5.73 Å². The second kappa shape index (κ2) is 4.26. The summed E-state index contributed by atoms with van der Waals surface area (Å²) in [5, 5.41) is 1.10. The van der Waals surface area contributed by atoms with Crippen LogP contribution in [0.2, 0.25) is 5.02 Å². The van der Waals surface area contributed by atoms with E-state index in [9.17, 15) is 4.39 Å². The van der Waals surface area contributed by atoms with E-state index in [-0.39, 0.29) is 5.82 Å². The number of benzene rings is 1. The summed E-state index contributed by atoms with van der Waals surface area (Å²) in [5.41, 5.74) is 5.88. The van der Waals surface area contributed by atoms with Gasteiger partial charge in [-0.05, 0) is 18.2 Å². The van der Waals surface area contributed by atoms with E-state index in [0.717, 1.165) is 4.88 Å². The van der Waals surface area contributed by atoms with Crippen molar-refractivity contribution in [3.05, 3.63) is 40.1 Å². The number of halogens is 2. The molecule has 5 heteroatoms. The van der Waals surface area contributed by atoms with Gasteiger partial charge in [0.1, 0.15) is 10.8 Å². The van der Waals surface area contributed by atoms with Gasteiger partial charge in [0, 0.05) is 28.2 Å². The van der Waals surface area contributed by atoms with Crippen LogP contribution in [0.4, 0.5) is 4.39 Å². The molecule has 0 atom stereocenters. The molecule has 78 valence electrons. The summed E-state index contributed by atoms with van der Waals surface area (Å²) in [6, 6.07) is 4.41. The smallest absolute Gasteiger partial charge is 0.133 e. The molecule has 0 fully saturated rings. The Morgan fingerprint density at radius 3 is 2.93 bits per heavy atom. The van der Waals surface area contributed by atoms with Crippen molar-refractivity contribution in [3.63, 3.8) is 0 Å². The van der Waals surface area contributed by atoms with E-state index in [1.807, 2.05) is 0 Å². The van der Waals surface area contributed by atoms with Gasteiger partial charge in [-0.15, -0.1) is 11.3 Å². The van der Waals surface area contributed by atoms with Crippen LogP contribution in [0.1, 0.15) is 4.88 Å². The molecular formula is C10H8ClFN2S. The quantitative estimate of drug-likeness (QED) is 0.879. The first-order valence-electron chi connectivity index (χ1n) is 4.31. The third kappa shape index (κ3) is 2.17. The molecule has 1 heterocycles. The summed E-state index contributed by atoms with van der Waals surface area (Å²) in [7, 11) is 0. The van der Waals surface area contributed by atoms with Gasteiger partial charge in [0.25, 0.3) is 0 Å². The second-order valence-electron chi connectivity index (χ2n) is 2.96. The zero-order chi connectivity index (χ0) is 10.8. The molecule has 2 nitrogen and oxygen atoms in total. The Balaban J connectivity index is 2.48. The molecule has 2 rings (SSSR count). The van der Waals surface area contributed by atoms with E-state index in [4.69, 9.17) is 17.3 Å². The fourth-order valence-corrected chi connectivity index (χ4v) is 2.17. The molecule has 1 aromatic heterocycles. The Bertz CT molecular complexity index is 484. The summed E-state index contributed by atoms with van der Waals surface area (Å²) in [6.45, 7) is 0.417. The average molecular weight is 243 g/mol. The predicted molar refractivity (Wildman–Crippen MR) is 60.4 cm³/mol. The zero-order valence-electron chi connectivity index (χ0n) is 7.71. The van der Waals surface area contributed by atoms with Gasteiger partial charge in [0.15, 0.2) is 0 Å². The standard InChI is InChI=1S/C10H8ClFN2S/c11-6-1-2-9(12)8(3-6)10-14-5-7(4-13)15-10/h1-3,5H,4,13H2. The van der Waals surface area contributed by atoms with Crippen LogP contribution in [-0.4, -0.2) is 4.98 Å². The lowest BCUT2D eigenvalue weighted by atomic mass is 10.2. The summed E-state index contributed by atoms with van der Waals surface area (Å²) in [4.78, 5) is 5.02. The SMILES string of the molecule is NCc1cnc(-c2cc(Cl)ccc2F)s1. The first-order valence-corrected chi connectivity index (χ1v) is 5.50. The molecule has 0 unspecified atom stereocenters. The summed E-state index contributed by atoms with van der Waals surface area (Å²) in [5.74, 6) is -0.322. The molecular weight excluding hydrogens is 235 g/mol. The van der Waals surface area contributed by atoms with Gasteiger partial charge < -0.3 is 5.73 Å². The monoisotopic (exact) mass is 242 g/mol. The van der Waals surface area contributed by atoms with Crippen molar-refractivity contribution in [3.8, 4) is 10.6 Å². The van der Waals surface area contributed by atoms with Crippen LogP contribution >= 0.6 is 22.9 Å². The minimum atomic E-state index is -0.322. The molecule has 0 saturated carbocycles. The molecule has 0 amide bonds. The third-order valence-corrected chi connectivity index (χ3v) is 3.20. The number of hydrogen-bond acceptors (Lipinski definition) is 3. The van der Waals surface area contributed by atoms with Crippen molar-refractivity contribution in [2.45, 2.75) is 6.54 Å². The van der Waals surface area contributed by atoms with E-state index >= 15 is 0 Å². The molecule has 2 aromatic rings. The molecule has 0 aliphatic rings. The Morgan fingerprint density at radius 1 is 1.47 bits per heavy atom. The van der Waals surface area contributed by atoms with Gasteiger partial charge in [0.05, 0.1) is 0 Å². The first kappa shape index (κ1) is 10.5. The lowest BCUT2D eigenvalue weighted by molar-refractivity contribution is 0.631. The molecule has 0 radical (unpaired) electrons. The van der Waals surface area contributed by atoms with E-state index in [2.05, 4.69) is 4.98 Å². The number of nitrogens with two attached hydrogens (primary N) is 1. The van der Waals surface area contributed by atoms with Crippen LogP contribution in [0.5, 0.6) is 0 Å². The summed E-state index contributed by atoms with van der Waals surface area (Å²) in [6.07, 6.45) is 1.65. The van der Waals surface area contributed by atoms with Crippen LogP contribution in [0, 0.1) is 5.82 Å². The number of hydrogen-bond donors (Lipinski definition) is 1. The highest BCUT2D eigenvalue weighted by Crippen LogP contribution is 2.29. The van der Waals surface area contributed by atoms with Crippen molar-refractivity contribution in [1.82, 2.24) is 4.98 Å². The van der Waals surface area contributed by atoms with Crippen LogP contribution in [0.15, 0.2) is 24.4 Å². The Morgan fingerprint density at radius 2 is 2.27 bits per heavy atom.